The molecule has 0 aromatic carbocycles. The third kappa shape index (κ3) is 0.933. The molecule has 2 nitrogen and oxygen atoms in total. The molecule has 0 bridgehead atoms. The summed E-state index contributed by atoms with van der Waals surface area (Å²) in [5, 5.41) is 18.9. The van der Waals surface area contributed by atoms with Gasteiger partial charge in [0, 0.05) is 0 Å². The van der Waals surface area contributed by atoms with Crippen LogP contribution in [0.25, 0.3) is 0 Å². The summed E-state index contributed by atoms with van der Waals surface area (Å²) in [7, 11) is 0. The zero-order chi connectivity index (χ0) is 5.28. The molecule has 1 aliphatic carbocycles. The van der Waals surface area contributed by atoms with Crippen molar-refractivity contribution >= 4 is 0 Å². The van der Waals surface area contributed by atoms with Crippen LogP contribution in [0.3, 0.4) is 0 Å². The Bertz CT molecular complexity index is 96.3. The highest BCUT2D eigenvalue weighted by Gasteiger charge is 2.05. The SMILES string of the molecule is [O-]C1=CCC(O)C1. The van der Waals surface area contributed by atoms with Crippen molar-refractivity contribution in [1.29, 1.82) is 0 Å². The molecule has 0 fully saturated rings. The van der Waals surface area contributed by atoms with Crippen LogP contribution in [-0.2, 0) is 0 Å². The van der Waals surface area contributed by atoms with E-state index in [1.807, 2.05) is 0 Å². The van der Waals surface area contributed by atoms with Gasteiger partial charge in [-0.05, 0) is 12.8 Å². The quantitative estimate of drug-likeness (QED) is 0.440. The molecule has 0 radical (unpaired) electrons. The first-order valence-electron chi connectivity index (χ1n) is 2.33. The van der Waals surface area contributed by atoms with Crippen LogP contribution in [0.4, 0.5) is 0 Å². The van der Waals surface area contributed by atoms with E-state index in [2.05, 4.69) is 0 Å². The van der Waals surface area contributed by atoms with Crippen molar-refractivity contribution < 1.29 is 10.2 Å². The van der Waals surface area contributed by atoms with Gasteiger partial charge in [0.05, 0.1) is 6.10 Å². The molecule has 1 rings (SSSR count). The zero-order valence-electron chi connectivity index (χ0n) is 3.92. The number of aliphatic hydroxyl groups is 1. The molecule has 1 N–H and O–H groups in total. The lowest BCUT2D eigenvalue weighted by atomic mass is 10.3. The largest absolute Gasteiger partial charge is 0.876 e. The van der Waals surface area contributed by atoms with Gasteiger partial charge in [-0.15, -0.1) is 5.76 Å². The molecule has 40 valence electrons. The predicted molar refractivity (Wildman–Crippen MR) is 23.3 cm³/mol. The lowest BCUT2D eigenvalue weighted by Crippen LogP contribution is -2.05. The third-order valence-electron chi connectivity index (χ3n) is 1.05. The molecule has 0 aliphatic heterocycles. The lowest BCUT2D eigenvalue weighted by molar-refractivity contribution is -0.306. The number of rotatable bonds is 0. The molecule has 1 unspecified atom stereocenters. The monoisotopic (exact) mass is 99.0 g/mol. The van der Waals surface area contributed by atoms with Gasteiger partial charge in [0.25, 0.3) is 0 Å². The summed E-state index contributed by atoms with van der Waals surface area (Å²) in [6.45, 7) is 0. The van der Waals surface area contributed by atoms with Crippen molar-refractivity contribution in [3.63, 3.8) is 0 Å². The fourth-order valence-corrected chi connectivity index (χ4v) is 0.666. The van der Waals surface area contributed by atoms with Crippen LogP contribution in [0.2, 0.25) is 0 Å². The van der Waals surface area contributed by atoms with Gasteiger partial charge < -0.3 is 10.2 Å². The summed E-state index contributed by atoms with van der Waals surface area (Å²) in [6, 6.07) is 0. The highest BCUT2D eigenvalue weighted by Crippen LogP contribution is 2.12. The maximum absolute atomic E-state index is 10.2. The normalized spacial score (nSPS) is 30.4. The van der Waals surface area contributed by atoms with E-state index >= 15 is 0 Å². The van der Waals surface area contributed by atoms with Gasteiger partial charge in [0.1, 0.15) is 0 Å². The van der Waals surface area contributed by atoms with Gasteiger partial charge >= 0.3 is 0 Å². The summed E-state index contributed by atoms with van der Waals surface area (Å²) >= 11 is 0. The Kier molecular flexibility index (Phi) is 1.02. The summed E-state index contributed by atoms with van der Waals surface area (Å²) in [4.78, 5) is 0. The molecule has 0 saturated carbocycles. The fourth-order valence-electron chi connectivity index (χ4n) is 0.666. The second-order valence-electron chi connectivity index (χ2n) is 1.76. The summed E-state index contributed by atoms with van der Waals surface area (Å²) in [5.41, 5.74) is 0. The minimum absolute atomic E-state index is 0.0764. The highest BCUT2D eigenvalue weighted by molar-refractivity contribution is 5.00. The van der Waals surface area contributed by atoms with Gasteiger partial charge in [0.2, 0.25) is 0 Å². The van der Waals surface area contributed by atoms with Crippen molar-refractivity contribution in [3.8, 4) is 0 Å². The van der Waals surface area contributed by atoms with E-state index < -0.39 is 0 Å². The zero-order valence-corrected chi connectivity index (χ0v) is 3.92. The van der Waals surface area contributed by atoms with Gasteiger partial charge in [-0.25, -0.2) is 0 Å². The average molecular weight is 99.1 g/mol. The third-order valence-corrected chi connectivity index (χ3v) is 1.05. The van der Waals surface area contributed by atoms with Crippen molar-refractivity contribution in [2.24, 2.45) is 0 Å². The molecule has 0 spiro atoms. The summed E-state index contributed by atoms with van der Waals surface area (Å²) in [6.07, 6.45) is 2.04. The van der Waals surface area contributed by atoms with Crippen LogP contribution in [0, 0.1) is 0 Å². The highest BCUT2D eigenvalue weighted by atomic mass is 16.3. The Morgan fingerprint density at radius 2 is 2.57 bits per heavy atom. The molecule has 0 aromatic rings. The van der Waals surface area contributed by atoms with E-state index in [0.717, 1.165) is 0 Å². The molecule has 2 heteroatoms. The van der Waals surface area contributed by atoms with E-state index in [-0.39, 0.29) is 11.9 Å². The van der Waals surface area contributed by atoms with Crippen LogP contribution < -0.4 is 5.11 Å². The molecule has 1 aliphatic rings. The Morgan fingerprint density at radius 1 is 1.86 bits per heavy atom. The van der Waals surface area contributed by atoms with Crippen molar-refractivity contribution in [2.75, 3.05) is 0 Å². The van der Waals surface area contributed by atoms with Crippen LogP contribution in [0.1, 0.15) is 12.8 Å². The minimum atomic E-state index is -0.382. The number of hydrogen-bond acceptors (Lipinski definition) is 2. The second kappa shape index (κ2) is 1.54. The molecular weight excluding hydrogens is 92.1 g/mol. The number of hydrogen-bond donors (Lipinski definition) is 1. The first-order chi connectivity index (χ1) is 3.29. The predicted octanol–water partition coefficient (Wildman–Crippen LogP) is -0.615. The molecule has 0 amide bonds. The second-order valence-corrected chi connectivity index (χ2v) is 1.76. The van der Waals surface area contributed by atoms with E-state index in [1.54, 1.807) is 0 Å². The van der Waals surface area contributed by atoms with Crippen LogP contribution in [0.15, 0.2) is 11.8 Å². The minimum Gasteiger partial charge on any atom is -0.876 e. The van der Waals surface area contributed by atoms with E-state index in [4.69, 9.17) is 5.11 Å². The van der Waals surface area contributed by atoms with Gasteiger partial charge in [-0.1, -0.05) is 6.08 Å². The lowest BCUT2D eigenvalue weighted by Gasteiger charge is -2.03. The molecule has 7 heavy (non-hydrogen) atoms. The maximum atomic E-state index is 10.2. The van der Waals surface area contributed by atoms with E-state index in [1.165, 1.54) is 6.08 Å². The maximum Gasteiger partial charge on any atom is 0.0602 e. The topological polar surface area (TPSA) is 43.3 Å². The van der Waals surface area contributed by atoms with Crippen LogP contribution >= 0.6 is 0 Å². The Balaban J connectivity index is 2.42. The summed E-state index contributed by atoms with van der Waals surface area (Å²) in [5.74, 6) is 0.0764. The van der Waals surface area contributed by atoms with Crippen molar-refractivity contribution in [3.05, 3.63) is 11.8 Å². The first kappa shape index (κ1) is 4.65. The van der Waals surface area contributed by atoms with Gasteiger partial charge in [-0.2, -0.15) is 0 Å². The molecule has 0 heterocycles. The Hall–Kier alpha value is -0.500. The van der Waals surface area contributed by atoms with Crippen LogP contribution in [0.5, 0.6) is 0 Å². The average Bonchev–Trinajstić information content (AvgIpc) is 1.87. The van der Waals surface area contributed by atoms with Crippen molar-refractivity contribution in [2.45, 2.75) is 18.9 Å². The first-order valence-corrected chi connectivity index (χ1v) is 2.33. The van der Waals surface area contributed by atoms with E-state index in [0.29, 0.717) is 12.8 Å². The molecule has 1 atom stereocenters. The smallest absolute Gasteiger partial charge is 0.0602 e. The van der Waals surface area contributed by atoms with Gasteiger partial charge in [0.15, 0.2) is 0 Å². The number of aliphatic hydroxyl groups excluding tert-OH is 1. The molecule has 0 saturated heterocycles. The fraction of sp³-hybridized carbons (Fsp3) is 0.600. The van der Waals surface area contributed by atoms with E-state index in [9.17, 15) is 5.11 Å². The van der Waals surface area contributed by atoms with Crippen LogP contribution in [-0.4, -0.2) is 11.2 Å². The Labute approximate surface area is 42.1 Å². The van der Waals surface area contributed by atoms with Crippen molar-refractivity contribution in [1.82, 2.24) is 0 Å². The Morgan fingerprint density at radius 3 is 2.71 bits per heavy atom. The molecule has 0 aromatic heterocycles. The molecular formula is C5H7O2-. The standard InChI is InChI=1S/C5H8O2/c6-4-1-2-5(7)3-4/h1,5-7H,2-3H2/p-1. The van der Waals surface area contributed by atoms with Gasteiger partial charge in [-0.3, -0.25) is 0 Å². The summed E-state index contributed by atoms with van der Waals surface area (Å²) < 4.78 is 0.